The van der Waals surface area contributed by atoms with Crippen LogP contribution < -0.4 is 9.47 Å². The number of aliphatic hydroxyl groups excluding tert-OH is 1. The molecule has 4 rings (SSSR count). The number of aromatic nitrogens is 3. The van der Waals surface area contributed by atoms with Gasteiger partial charge in [-0.15, -0.1) is 0 Å². The van der Waals surface area contributed by atoms with E-state index in [1.54, 1.807) is 11.8 Å². The number of nitrogens with zero attached hydrogens (tertiary/aromatic N) is 3. The van der Waals surface area contributed by atoms with Crippen molar-refractivity contribution in [3.8, 4) is 11.5 Å². The molecule has 2 aromatic rings. The Morgan fingerprint density at radius 3 is 2.79 bits per heavy atom. The summed E-state index contributed by atoms with van der Waals surface area (Å²) in [5.74, 6) is 3.25. The van der Waals surface area contributed by atoms with Crippen molar-refractivity contribution in [2.45, 2.75) is 50.5 Å². The third-order valence-electron chi connectivity index (χ3n) is 4.90. The zero-order chi connectivity index (χ0) is 19.9. The highest BCUT2D eigenvalue weighted by Gasteiger charge is 2.43. The first-order valence-corrected chi connectivity index (χ1v) is 9.23. The lowest BCUT2D eigenvalue weighted by Crippen LogP contribution is -2.20. The summed E-state index contributed by atoms with van der Waals surface area (Å²) in [4.78, 5) is 13.1. The van der Waals surface area contributed by atoms with Crippen LogP contribution in [-0.4, -0.2) is 57.4 Å². The molecule has 9 nitrogen and oxygen atoms in total. The first kappa shape index (κ1) is 20.1. The first-order chi connectivity index (χ1) is 13.7. The molecule has 9 heteroatoms. The lowest BCUT2D eigenvalue weighted by atomic mass is 9.88. The average molecular weight is 391 g/mol. The fourth-order valence-corrected chi connectivity index (χ4v) is 3.75. The maximum atomic E-state index is 9.33. The number of methoxy groups -OCH3 is 1. The number of hydrogen-bond acceptors (Lipinski definition) is 7. The smallest absolute Gasteiger partial charge is 0.290 e. The van der Waals surface area contributed by atoms with Gasteiger partial charge in [0.1, 0.15) is 23.9 Å². The largest absolute Gasteiger partial charge is 0.497 e. The molecular formula is C19H25N3O6. The highest BCUT2D eigenvalue weighted by Crippen LogP contribution is 2.43. The topological polar surface area (TPSA) is 116 Å². The number of carbonyl (C=O) groups is 1. The van der Waals surface area contributed by atoms with Crippen LogP contribution in [0.15, 0.2) is 24.3 Å². The highest BCUT2D eigenvalue weighted by molar-refractivity contribution is 5.33. The predicted octanol–water partition coefficient (Wildman–Crippen LogP) is 1.59. The molecule has 0 amide bonds. The number of ether oxygens (including phenoxy) is 3. The van der Waals surface area contributed by atoms with Crippen molar-refractivity contribution in [3.05, 3.63) is 35.9 Å². The monoisotopic (exact) mass is 391 g/mol. The molecule has 0 unspecified atom stereocenters. The normalized spacial score (nSPS) is 22.4. The second-order valence-electron chi connectivity index (χ2n) is 6.62. The Kier molecular flexibility index (Phi) is 6.83. The summed E-state index contributed by atoms with van der Waals surface area (Å²) >= 11 is 0. The van der Waals surface area contributed by atoms with Crippen molar-refractivity contribution in [2.75, 3.05) is 13.7 Å². The second-order valence-corrected chi connectivity index (χ2v) is 6.62. The molecule has 2 N–H and O–H groups in total. The number of hydrogen-bond donors (Lipinski definition) is 2. The standard InChI is InChI=1S/C18H23N3O4.CH2O2/c1-23-12-3-2-4-13(9-12)24-11-17-19-18(21(20-17)7-8-22)15-10-14-5-6-16(15)25-14;2-1-3/h2-4,9,14-16,22H,5-8,10-11H2,1H3;1H,(H,2,3)/t14-,15+,16+;/m0./s1. The summed E-state index contributed by atoms with van der Waals surface area (Å²) in [5.41, 5.74) is 0. The van der Waals surface area contributed by atoms with E-state index >= 15 is 0 Å². The Bertz CT molecular complexity index is 781. The fraction of sp³-hybridized carbons (Fsp3) is 0.526. The molecule has 2 fully saturated rings. The molecule has 1 aromatic heterocycles. The van der Waals surface area contributed by atoms with Crippen LogP contribution in [0, 0.1) is 0 Å². The minimum atomic E-state index is -0.250. The first-order valence-electron chi connectivity index (χ1n) is 9.23. The van der Waals surface area contributed by atoms with Gasteiger partial charge in [0.25, 0.3) is 6.47 Å². The van der Waals surface area contributed by atoms with Crippen LogP contribution in [0.4, 0.5) is 0 Å². The molecule has 0 spiro atoms. The lowest BCUT2D eigenvalue weighted by molar-refractivity contribution is -0.122. The van der Waals surface area contributed by atoms with Gasteiger partial charge >= 0.3 is 0 Å². The van der Waals surface area contributed by atoms with Crippen LogP contribution in [0.3, 0.4) is 0 Å². The van der Waals surface area contributed by atoms with E-state index in [0.29, 0.717) is 24.2 Å². The van der Waals surface area contributed by atoms with E-state index in [9.17, 15) is 5.11 Å². The molecule has 2 bridgehead atoms. The number of aliphatic hydroxyl groups is 1. The van der Waals surface area contributed by atoms with Crippen molar-refractivity contribution < 1.29 is 29.2 Å². The summed E-state index contributed by atoms with van der Waals surface area (Å²) in [6.07, 6.45) is 3.80. The summed E-state index contributed by atoms with van der Waals surface area (Å²) in [6.45, 7) is 0.504. The minimum Gasteiger partial charge on any atom is -0.497 e. The summed E-state index contributed by atoms with van der Waals surface area (Å²) < 4.78 is 18.7. The van der Waals surface area contributed by atoms with Gasteiger partial charge in [-0.25, -0.2) is 9.67 Å². The molecule has 3 heterocycles. The SMILES string of the molecule is COc1cccc(OCc2nc([C@@H]3C[C@@H]4CC[C@H]3O4)n(CCO)n2)c1.O=CO. The van der Waals surface area contributed by atoms with Gasteiger partial charge in [-0.2, -0.15) is 5.10 Å². The van der Waals surface area contributed by atoms with Crippen LogP contribution >= 0.6 is 0 Å². The molecule has 3 atom stereocenters. The van der Waals surface area contributed by atoms with Gasteiger partial charge in [-0.3, -0.25) is 4.79 Å². The van der Waals surface area contributed by atoms with Gasteiger partial charge in [0.05, 0.1) is 32.5 Å². The molecule has 152 valence electrons. The van der Waals surface area contributed by atoms with E-state index in [4.69, 9.17) is 29.1 Å². The summed E-state index contributed by atoms with van der Waals surface area (Å²) in [5, 5.41) is 20.7. The van der Waals surface area contributed by atoms with Crippen LogP contribution in [0.25, 0.3) is 0 Å². The maximum absolute atomic E-state index is 9.33. The van der Waals surface area contributed by atoms with Gasteiger partial charge in [-0.05, 0) is 31.4 Å². The van der Waals surface area contributed by atoms with E-state index in [1.807, 2.05) is 24.3 Å². The van der Waals surface area contributed by atoms with Gasteiger partial charge in [0.2, 0.25) is 0 Å². The lowest BCUT2D eigenvalue weighted by Gasteiger charge is -2.18. The number of benzene rings is 1. The van der Waals surface area contributed by atoms with Crippen LogP contribution in [-0.2, 0) is 22.7 Å². The van der Waals surface area contributed by atoms with Crippen molar-refractivity contribution >= 4 is 6.47 Å². The second kappa shape index (κ2) is 9.52. The molecule has 2 saturated heterocycles. The number of carboxylic acid groups (broad SMARTS) is 1. The Balaban J connectivity index is 0.000000706. The summed E-state index contributed by atoms with van der Waals surface area (Å²) in [7, 11) is 1.63. The van der Waals surface area contributed by atoms with Crippen LogP contribution in [0.1, 0.15) is 36.8 Å². The molecule has 0 radical (unpaired) electrons. The number of rotatable bonds is 7. The predicted molar refractivity (Wildman–Crippen MR) is 98.4 cm³/mol. The average Bonchev–Trinajstić information content (AvgIpc) is 3.43. The van der Waals surface area contributed by atoms with Crippen molar-refractivity contribution in [3.63, 3.8) is 0 Å². The van der Waals surface area contributed by atoms with Gasteiger partial charge in [0.15, 0.2) is 5.82 Å². The third kappa shape index (κ3) is 4.60. The van der Waals surface area contributed by atoms with E-state index in [0.717, 1.165) is 30.8 Å². The Morgan fingerprint density at radius 2 is 2.14 bits per heavy atom. The quantitative estimate of drug-likeness (QED) is 0.684. The van der Waals surface area contributed by atoms with E-state index < -0.39 is 0 Å². The Hall–Kier alpha value is -2.65. The van der Waals surface area contributed by atoms with Gasteiger partial charge in [0, 0.05) is 12.0 Å². The van der Waals surface area contributed by atoms with Gasteiger partial charge in [-0.1, -0.05) is 6.07 Å². The molecule has 0 aliphatic carbocycles. The molecule has 1 aromatic carbocycles. The van der Waals surface area contributed by atoms with E-state index in [2.05, 4.69) is 5.10 Å². The number of fused-ring (bicyclic) bond motifs is 2. The van der Waals surface area contributed by atoms with Crippen molar-refractivity contribution in [2.24, 2.45) is 0 Å². The summed E-state index contributed by atoms with van der Waals surface area (Å²) in [6, 6.07) is 7.45. The zero-order valence-electron chi connectivity index (χ0n) is 15.7. The van der Waals surface area contributed by atoms with E-state index in [1.165, 1.54) is 0 Å². The van der Waals surface area contributed by atoms with Crippen molar-refractivity contribution in [1.29, 1.82) is 0 Å². The molecular weight excluding hydrogens is 366 g/mol. The maximum Gasteiger partial charge on any atom is 0.290 e. The fourth-order valence-electron chi connectivity index (χ4n) is 3.75. The highest BCUT2D eigenvalue weighted by atomic mass is 16.5. The molecule has 2 aliphatic heterocycles. The Labute approximate surface area is 162 Å². The van der Waals surface area contributed by atoms with E-state index in [-0.39, 0.29) is 31.7 Å². The molecule has 28 heavy (non-hydrogen) atoms. The van der Waals surface area contributed by atoms with Crippen LogP contribution in [0.5, 0.6) is 11.5 Å². The molecule has 0 saturated carbocycles. The minimum absolute atomic E-state index is 0.0359. The van der Waals surface area contributed by atoms with Gasteiger partial charge < -0.3 is 24.4 Å². The van der Waals surface area contributed by atoms with Crippen LogP contribution in [0.2, 0.25) is 0 Å². The Morgan fingerprint density at radius 1 is 1.36 bits per heavy atom. The zero-order valence-corrected chi connectivity index (χ0v) is 15.7. The van der Waals surface area contributed by atoms with Crippen molar-refractivity contribution in [1.82, 2.24) is 14.8 Å². The third-order valence-corrected chi connectivity index (χ3v) is 4.90. The molecule has 2 aliphatic rings.